The van der Waals surface area contributed by atoms with E-state index in [9.17, 15) is 0 Å². The summed E-state index contributed by atoms with van der Waals surface area (Å²) in [6, 6.07) is 70.3. The zero-order valence-corrected chi connectivity index (χ0v) is 30.3. The molecule has 0 radical (unpaired) electrons. The van der Waals surface area contributed by atoms with Crippen LogP contribution in [0.15, 0.2) is 200 Å². The van der Waals surface area contributed by atoms with Crippen LogP contribution in [0.5, 0.6) is 0 Å². The Hall–Kier alpha value is -7.63. The maximum absolute atomic E-state index is 5.32. The number of fused-ring (bicyclic) bond motifs is 6. The molecule has 0 aliphatic rings. The molecule has 0 spiro atoms. The van der Waals surface area contributed by atoms with Crippen molar-refractivity contribution in [1.82, 2.24) is 24.1 Å². The normalized spacial score (nSPS) is 11.6. The van der Waals surface area contributed by atoms with Crippen molar-refractivity contribution in [2.75, 3.05) is 0 Å². The molecule has 0 saturated carbocycles. The van der Waals surface area contributed by atoms with Gasteiger partial charge >= 0.3 is 0 Å². The van der Waals surface area contributed by atoms with Gasteiger partial charge in [0.25, 0.3) is 0 Å². The molecule has 0 amide bonds. The van der Waals surface area contributed by atoms with E-state index in [2.05, 4.69) is 197 Å². The van der Waals surface area contributed by atoms with Crippen LogP contribution >= 0.6 is 0 Å². The van der Waals surface area contributed by atoms with Crippen LogP contribution in [-0.4, -0.2) is 24.1 Å². The highest BCUT2D eigenvalue weighted by molar-refractivity contribution is 6.18. The van der Waals surface area contributed by atoms with Crippen LogP contribution in [0.3, 0.4) is 0 Å². The maximum Gasteiger partial charge on any atom is 0.238 e. The third kappa shape index (κ3) is 5.29. The lowest BCUT2D eigenvalue weighted by Crippen LogP contribution is -2.06. The molecular weight excluding hydrogens is 683 g/mol. The van der Waals surface area contributed by atoms with Crippen LogP contribution in [0.25, 0.3) is 100 Å². The largest absolute Gasteiger partial charge is 0.309 e. The highest BCUT2D eigenvalue weighted by Crippen LogP contribution is 2.40. The lowest BCUT2D eigenvalue weighted by Gasteiger charge is -2.12. The summed E-state index contributed by atoms with van der Waals surface area (Å²) in [5.74, 6) is 1.79. The van der Waals surface area contributed by atoms with Crippen molar-refractivity contribution in [2.24, 2.45) is 0 Å². The molecule has 5 nitrogen and oxygen atoms in total. The van der Waals surface area contributed by atoms with Crippen LogP contribution < -0.4 is 0 Å². The molecule has 3 heterocycles. The highest BCUT2D eigenvalue weighted by Gasteiger charge is 2.21. The number of aromatic nitrogens is 5. The summed E-state index contributed by atoms with van der Waals surface area (Å²) in [4.78, 5) is 15.8. The Morgan fingerprint density at radius 2 is 0.679 bits per heavy atom. The van der Waals surface area contributed by atoms with Crippen molar-refractivity contribution in [1.29, 1.82) is 0 Å². The van der Waals surface area contributed by atoms with Crippen molar-refractivity contribution >= 4 is 43.6 Å². The second-order valence-corrected chi connectivity index (χ2v) is 14.1. The van der Waals surface area contributed by atoms with E-state index in [0.29, 0.717) is 17.6 Å². The minimum absolute atomic E-state index is 0.567. The first-order chi connectivity index (χ1) is 27.8. The first-order valence-electron chi connectivity index (χ1n) is 18.9. The van der Waals surface area contributed by atoms with Gasteiger partial charge in [0.2, 0.25) is 5.95 Å². The fourth-order valence-corrected chi connectivity index (χ4v) is 8.16. The smallest absolute Gasteiger partial charge is 0.238 e. The Labute approximate surface area is 323 Å². The van der Waals surface area contributed by atoms with Crippen LogP contribution in [0.2, 0.25) is 0 Å². The van der Waals surface area contributed by atoms with Gasteiger partial charge in [-0.25, -0.2) is 4.98 Å². The van der Waals surface area contributed by atoms with Gasteiger partial charge in [-0.05, 0) is 70.8 Å². The number of para-hydroxylation sites is 3. The Kier molecular flexibility index (Phi) is 7.42. The molecular formula is C51H33N5. The molecule has 11 rings (SSSR count). The van der Waals surface area contributed by atoms with E-state index in [4.69, 9.17) is 15.0 Å². The van der Waals surface area contributed by atoms with Gasteiger partial charge in [0.15, 0.2) is 11.6 Å². The molecule has 0 aliphatic carbocycles. The number of benzene rings is 8. The SMILES string of the molecule is c1ccc(-c2cccc(-c3nc(-c4cccc(-c5ccccc5)c4)nc(-n4c5ccccc5c5cc6c(cc54)c4ccccc4n6-c4ccccc4)n3)c2)cc1. The van der Waals surface area contributed by atoms with E-state index in [1.54, 1.807) is 0 Å². The van der Waals surface area contributed by atoms with Gasteiger partial charge in [-0.3, -0.25) is 4.57 Å². The number of hydrogen-bond acceptors (Lipinski definition) is 3. The minimum Gasteiger partial charge on any atom is -0.309 e. The van der Waals surface area contributed by atoms with Crippen molar-refractivity contribution in [3.63, 3.8) is 0 Å². The predicted molar refractivity (Wildman–Crippen MR) is 230 cm³/mol. The average Bonchev–Trinajstić information content (AvgIpc) is 3.78. The zero-order chi connectivity index (χ0) is 37.0. The summed E-state index contributed by atoms with van der Waals surface area (Å²) in [6.45, 7) is 0. The molecule has 0 saturated heterocycles. The number of rotatable bonds is 6. The zero-order valence-electron chi connectivity index (χ0n) is 30.3. The Morgan fingerprint density at radius 1 is 0.268 bits per heavy atom. The molecule has 0 bridgehead atoms. The molecule has 0 atom stereocenters. The third-order valence-corrected chi connectivity index (χ3v) is 10.8. The fraction of sp³-hybridized carbons (Fsp3) is 0. The van der Waals surface area contributed by atoms with E-state index in [-0.39, 0.29) is 0 Å². The van der Waals surface area contributed by atoms with Gasteiger partial charge in [-0.15, -0.1) is 0 Å². The molecule has 262 valence electrons. The standard InChI is InChI=1S/C51H33N5/c1-4-16-34(17-5-1)36-20-14-22-38(30-36)49-52-50(39-23-15-21-37(31-39)35-18-6-2-7-19-35)54-51(53-49)56-46-29-13-11-27-42(46)44-32-47-43(33-48(44)56)41-26-10-12-28-45(41)55(47)40-24-8-3-9-25-40/h1-33H. The van der Waals surface area contributed by atoms with Gasteiger partial charge < -0.3 is 4.57 Å². The van der Waals surface area contributed by atoms with Gasteiger partial charge in [-0.1, -0.05) is 152 Å². The van der Waals surface area contributed by atoms with Crippen LogP contribution in [-0.2, 0) is 0 Å². The second-order valence-electron chi connectivity index (χ2n) is 14.1. The van der Waals surface area contributed by atoms with E-state index < -0.39 is 0 Å². The van der Waals surface area contributed by atoms with Crippen molar-refractivity contribution in [3.05, 3.63) is 200 Å². The Balaban J connectivity index is 1.19. The number of nitrogens with zero attached hydrogens (tertiary/aromatic N) is 5. The van der Waals surface area contributed by atoms with Gasteiger partial charge in [0.05, 0.1) is 22.1 Å². The Bertz CT molecular complexity index is 3130. The molecule has 5 heteroatoms. The van der Waals surface area contributed by atoms with E-state index >= 15 is 0 Å². The summed E-state index contributed by atoms with van der Waals surface area (Å²) < 4.78 is 4.59. The molecule has 11 aromatic rings. The maximum atomic E-state index is 5.32. The van der Waals surface area contributed by atoms with Crippen molar-refractivity contribution in [3.8, 4) is 56.7 Å². The minimum atomic E-state index is 0.567. The fourth-order valence-electron chi connectivity index (χ4n) is 8.16. The van der Waals surface area contributed by atoms with Crippen molar-refractivity contribution < 1.29 is 0 Å². The predicted octanol–water partition coefficient (Wildman–Crippen LogP) is 12.7. The van der Waals surface area contributed by atoms with Crippen LogP contribution in [0.1, 0.15) is 0 Å². The molecule has 8 aromatic carbocycles. The summed E-state index contributed by atoms with van der Waals surface area (Å²) in [7, 11) is 0. The quantitative estimate of drug-likeness (QED) is 0.172. The topological polar surface area (TPSA) is 48.5 Å². The lowest BCUT2D eigenvalue weighted by molar-refractivity contribution is 0.954. The molecule has 0 fully saturated rings. The van der Waals surface area contributed by atoms with E-state index in [1.807, 2.05) is 12.1 Å². The van der Waals surface area contributed by atoms with Gasteiger partial charge in [0.1, 0.15) is 0 Å². The summed E-state index contributed by atoms with van der Waals surface area (Å²) >= 11 is 0. The van der Waals surface area contributed by atoms with Gasteiger partial charge in [0, 0.05) is 38.4 Å². The molecule has 56 heavy (non-hydrogen) atoms. The first-order valence-corrected chi connectivity index (χ1v) is 18.9. The monoisotopic (exact) mass is 715 g/mol. The molecule has 0 N–H and O–H groups in total. The molecule has 0 unspecified atom stereocenters. The number of hydrogen-bond donors (Lipinski definition) is 0. The third-order valence-electron chi connectivity index (χ3n) is 10.8. The van der Waals surface area contributed by atoms with Gasteiger partial charge in [-0.2, -0.15) is 9.97 Å². The summed E-state index contributed by atoms with van der Waals surface area (Å²) in [5, 5.41) is 4.63. The first kappa shape index (κ1) is 31.9. The molecule has 3 aromatic heterocycles. The lowest BCUT2D eigenvalue weighted by atomic mass is 10.0. The summed E-state index contributed by atoms with van der Waals surface area (Å²) in [5.41, 5.74) is 11.8. The van der Waals surface area contributed by atoms with Crippen molar-refractivity contribution in [2.45, 2.75) is 0 Å². The molecule has 0 aliphatic heterocycles. The Morgan fingerprint density at radius 3 is 1.21 bits per heavy atom. The highest BCUT2D eigenvalue weighted by atomic mass is 15.2. The van der Waals surface area contributed by atoms with E-state index in [1.165, 1.54) is 16.3 Å². The second kappa shape index (κ2) is 13.0. The average molecular weight is 716 g/mol. The summed E-state index contributed by atoms with van der Waals surface area (Å²) in [6.07, 6.45) is 0. The van der Waals surface area contributed by atoms with Crippen LogP contribution in [0, 0.1) is 0 Å². The van der Waals surface area contributed by atoms with Crippen LogP contribution in [0.4, 0.5) is 0 Å². The van der Waals surface area contributed by atoms with E-state index in [0.717, 1.165) is 66.4 Å².